The Morgan fingerprint density at radius 2 is 2.17 bits per heavy atom. The quantitative estimate of drug-likeness (QED) is 0.932. The highest BCUT2D eigenvalue weighted by molar-refractivity contribution is 6.06. The topological polar surface area (TPSA) is 84.7 Å². The molecule has 1 aromatic heterocycles. The minimum atomic E-state index is -0.293. The zero-order chi connectivity index (χ0) is 17.3. The van der Waals surface area contributed by atoms with E-state index < -0.39 is 0 Å². The molecule has 3 rings (SSSR count). The van der Waals surface area contributed by atoms with Gasteiger partial charge in [-0.25, -0.2) is 0 Å². The number of benzene rings is 1. The number of ether oxygens (including phenoxy) is 1. The van der Waals surface area contributed by atoms with Gasteiger partial charge in [0.25, 0.3) is 5.91 Å². The molecule has 1 aliphatic heterocycles. The monoisotopic (exact) mass is 329 g/mol. The maximum absolute atomic E-state index is 12.4. The number of nitrogens with zero attached hydrogens (tertiary/aromatic N) is 2. The van der Waals surface area contributed by atoms with Gasteiger partial charge in [-0.15, -0.1) is 0 Å². The number of rotatable bonds is 4. The van der Waals surface area contributed by atoms with Crippen LogP contribution in [0.25, 0.3) is 0 Å². The van der Waals surface area contributed by atoms with Gasteiger partial charge in [-0.3, -0.25) is 9.59 Å². The third-order valence-corrected chi connectivity index (χ3v) is 4.06. The van der Waals surface area contributed by atoms with E-state index in [0.717, 1.165) is 12.1 Å². The van der Waals surface area contributed by atoms with Crippen LogP contribution in [-0.4, -0.2) is 30.6 Å². The molecule has 0 unspecified atom stereocenters. The van der Waals surface area contributed by atoms with E-state index in [1.54, 1.807) is 44.1 Å². The Hall–Kier alpha value is -2.83. The van der Waals surface area contributed by atoms with Crippen LogP contribution in [0.3, 0.4) is 0 Å². The molecule has 1 saturated heterocycles. The Labute approximate surface area is 139 Å². The lowest BCUT2D eigenvalue weighted by Crippen LogP contribution is -2.24. The Kier molecular flexibility index (Phi) is 4.24. The Bertz CT molecular complexity index is 778. The smallest absolute Gasteiger partial charge is 0.261 e. The second-order valence-corrected chi connectivity index (χ2v) is 5.69. The van der Waals surface area contributed by atoms with Crippen LogP contribution >= 0.6 is 0 Å². The van der Waals surface area contributed by atoms with Crippen LogP contribution in [-0.2, 0) is 4.79 Å². The van der Waals surface area contributed by atoms with Crippen LogP contribution in [0.2, 0.25) is 0 Å². The van der Waals surface area contributed by atoms with E-state index >= 15 is 0 Å². The maximum Gasteiger partial charge on any atom is 0.261 e. The number of methoxy groups -OCH3 is 1. The molecule has 0 spiro atoms. The fourth-order valence-electron chi connectivity index (χ4n) is 2.88. The van der Waals surface area contributed by atoms with Crippen molar-refractivity contribution in [2.24, 2.45) is 0 Å². The summed E-state index contributed by atoms with van der Waals surface area (Å²) in [6.07, 6.45) is 1.39. The number of carbonyl (C=O) groups excluding carboxylic acids is 2. The SMILES string of the molecule is COc1cc(NC(=O)c2c(C)noc2C)ccc1N1CCCC1=O. The van der Waals surface area contributed by atoms with Crippen molar-refractivity contribution in [3.63, 3.8) is 0 Å². The largest absolute Gasteiger partial charge is 0.494 e. The molecule has 126 valence electrons. The van der Waals surface area contributed by atoms with Crippen LogP contribution in [0.1, 0.15) is 34.7 Å². The third-order valence-electron chi connectivity index (χ3n) is 4.06. The molecule has 1 aliphatic rings. The first-order valence-corrected chi connectivity index (χ1v) is 7.74. The number of amides is 2. The van der Waals surface area contributed by atoms with Crippen molar-refractivity contribution >= 4 is 23.2 Å². The minimum absolute atomic E-state index is 0.0841. The lowest BCUT2D eigenvalue weighted by molar-refractivity contribution is -0.117. The number of aryl methyl sites for hydroxylation is 2. The summed E-state index contributed by atoms with van der Waals surface area (Å²) in [5.41, 5.74) is 2.26. The molecule has 0 bridgehead atoms. The molecule has 1 aromatic carbocycles. The summed E-state index contributed by atoms with van der Waals surface area (Å²) in [6, 6.07) is 5.24. The molecule has 2 heterocycles. The zero-order valence-electron chi connectivity index (χ0n) is 13.9. The average Bonchev–Trinajstić information content (AvgIpc) is 3.12. The predicted octanol–water partition coefficient (Wildman–Crippen LogP) is 2.68. The average molecular weight is 329 g/mol. The zero-order valence-corrected chi connectivity index (χ0v) is 13.9. The Morgan fingerprint density at radius 3 is 2.75 bits per heavy atom. The van der Waals surface area contributed by atoms with Crippen molar-refractivity contribution in [1.82, 2.24) is 5.16 Å². The Morgan fingerprint density at radius 1 is 1.38 bits per heavy atom. The molecule has 2 amide bonds. The van der Waals surface area contributed by atoms with Gasteiger partial charge in [-0.2, -0.15) is 0 Å². The molecule has 0 atom stereocenters. The van der Waals surface area contributed by atoms with Gasteiger partial charge < -0.3 is 19.5 Å². The lowest BCUT2D eigenvalue weighted by Gasteiger charge is -2.19. The minimum Gasteiger partial charge on any atom is -0.494 e. The summed E-state index contributed by atoms with van der Waals surface area (Å²) >= 11 is 0. The second-order valence-electron chi connectivity index (χ2n) is 5.69. The van der Waals surface area contributed by atoms with Gasteiger partial charge in [0.1, 0.15) is 17.1 Å². The Balaban J connectivity index is 1.85. The molecular weight excluding hydrogens is 310 g/mol. The summed E-state index contributed by atoms with van der Waals surface area (Å²) in [4.78, 5) is 26.0. The van der Waals surface area contributed by atoms with E-state index in [2.05, 4.69) is 10.5 Å². The molecule has 7 heteroatoms. The lowest BCUT2D eigenvalue weighted by atomic mass is 10.2. The van der Waals surface area contributed by atoms with Gasteiger partial charge in [0.2, 0.25) is 5.91 Å². The van der Waals surface area contributed by atoms with Gasteiger partial charge in [0, 0.05) is 24.7 Å². The van der Waals surface area contributed by atoms with Crippen LogP contribution in [0, 0.1) is 13.8 Å². The maximum atomic E-state index is 12.4. The number of aromatic nitrogens is 1. The van der Waals surface area contributed by atoms with Gasteiger partial charge in [0.05, 0.1) is 18.5 Å². The summed E-state index contributed by atoms with van der Waals surface area (Å²) in [5, 5.41) is 6.59. The molecule has 0 saturated carbocycles. The number of hydrogen-bond donors (Lipinski definition) is 1. The number of hydrogen-bond acceptors (Lipinski definition) is 5. The molecule has 7 nitrogen and oxygen atoms in total. The molecule has 1 N–H and O–H groups in total. The fourth-order valence-corrected chi connectivity index (χ4v) is 2.88. The van der Waals surface area contributed by atoms with Gasteiger partial charge in [-0.1, -0.05) is 5.16 Å². The number of nitrogens with one attached hydrogen (secondary N) is 1. The third kappa shape index (κ3) is 2.84. The van der Waals surface area contributed by atoms with E-state index in [9.17, 15) is 9.59 Å². The van der Waals surface area contributed by atoms with Crippen LogP contribution < -0.4 is 15.0 Å². The predicted molar refractivity (Wildman–Crippen MR) is 88.5 cm³/mol. The van der Waals surface area contributed by atoms with Crippen molar-refractivity contribution < 1.29 is 18.8 Å². The molecule has 0 aliphatic carbocycles. The first-order chi connectivity index (χ1) is 11.5. The summed E-state index contributed by atoms with van der Waals surface area (Å²) in [6.45, 7) is 4.09. The van der Waals surface area contributed by atoms with Crippen molar-refractivity contribution in [1.29, 1.82) is 0 Å². The van der Waals surface area contributed by atoms with Crippen LogP contribution in [0.5, 0.6) is 5.75 Å². The molecular formula is C17H19N3O4. The normalized spacial score (nSPS) is 14.1. The van der Waals surface area contributed by atoms with Gasteiger partial charge in [0.15, 0.2) is 0 Å². The highest BCUT2D eigenvalue weighted by atomic mass is 16.5. The van der Waals surface area contributed by atoms with Crippen LogP contribution in [0.4, 0.5) is 11.4 Å². The summed E-state index contributed by atoms with van der Waals surface area (Å²) in [5.74, 6) is 0.803. The van der Waals surface area contributed by atoms with E-state index in [1.807, 2.05) is 0 Å². The van der Waals surface area contributed by atoms with Crippen molar-refractivity contribution in [3.05, 3.63) is 35.2 Å². The standard InChI is InChI=1S/C17H19N3O4/c1-10-16(11(2)24-19-10)17(22)18-12-6-7-13(14(9-12)23-3)20-8-4-5-15(20)21/h6-7,9H,4-5,8H2,1-3H3,(H,18,22). The highest BCUT2D eigenvalue weighted by Gasteiger charge is 2.25. The molecule has 1 fully saturated rings. The second kappa shape index (κ2) is 6.35. The first kappa shape index (κ1) is 16.0. The molecule has 2 aromatic rings. The van der Waals surface area contributed by atoms with E-state index in [-0.39, 0.29) is 11.8 Å². The van der Waals surface area contributed by atoms with E-state index in [4.69, 9.17) is 9.26 Å². The van der Waals surface area contributed by atoms with Crippen LogP contribution in [0.15, 0.2) is 22.7 Å². The summed E-state index contributed by atoms with van der Waals surface area (Å²) < 4.78 is 10.4. The molecule has 0 radical (unpaired) electrons. The van der Waals surface area contributed by atoms with Gasteiger partial charge in [-0.05, 0) is 32.4 Å². The van der Waals surface area contributed by atoms with Crippen molar-refractivity contribution in [2.75, 3.05) is 23.9 Å². The van der Waals surface area contributed by atoms with E-state index in [1.165, 1.54) is 0 Å². The van der Waals surface area contributed by atoms with Crippen molar-refractivity contribution in [3.8, 4) is 5.75 Å². The van der Waals surface area contributed by atoms with Gasteiger partial charge >= 0.3 is 0 Å². The first-order valence-electron chi connectivity index (χ1n) is 7.74. The van der Waals surface area contributed by atoms with E-state index in [0.29, 0.717) is 41.4 Å². The van der Waals surface area contributed by atoms with Crippen molar-refractivity contribution in [2.45, 2.75) is 26.7 Å². The summed E-state index contributed by atoms with van der Waals surface area (Å²) in [7, 11) is 1.54. The molecule has 24 heavy (non-hydrogen) atoms. The number of carbonyl (C=O) groups is 2. The highest BCUT2D eigenvalue weighted by Crippen LogP contribution is 2.34. The number of anilines is 2. The fraction of sp³-hybridized carbons (Fsp3) is 0.353.